The zero-order valence-corrected chi connectivity index (χ0v) is 9.76. The Labute approximate surface area is 92.1 Å². The van der Waals surface area contributed by atoms with Crippen molar-refractivity contribution in [3.8, 4) is 0 Å². The lowest BCUT2D eigenvalue weighted by Gasteiger charge is -1.92. The van der Waals surface area contributed by atoms with E-state index in [9.17, 15) is 9.18 Å². The first-order valence-electron chi connectivity index (χ1n) is 5.78. The molecular weight excluding hydrogens is 191 g/mol. The molecule has 0 unspecified atom stereocenters. The lowest BCUT2D eigenvalue weighted by Crippen LogP contribution is -1.92. The summed E-state index contributed by atoms with van der Waals surface area (Å²) in [5, 5.41) is 0. The maximum absolute atomic E-state index is 13.1. The Morgan fingerprint density at radius 1 is 1.13 bits per heavy atom. The second-order valence-corrected chi connectivity index (χ2v) is 3.60. The van der Waals surface area contributed by atoms with Crippen LogP contribution in [0, 0.1) is 0 Å². The summed E-state index contributed by atoms with van der Waals surface area (Å²) in [6.07, 6.45) is 10.1. The van der Waals surface area contributed by atoms with Crippen LogP contribution in [0.2, 0.25) is 0 Å². The van der Waals surface area contributed by atoms with Crippen molar-refractivity contribution >= 4 is 5.78 Å². The molecule has 0 aliphatic heterocycles. The van der Waals surface area contributed by atoms with Crippen LogP contribution in [-0.2, 0) is 4.79 Å². The molecule has 0 fully saturated rings. The molecule has 0 aromatic carbocycles. The predicted octanol–water partition coefficient (Wildman–Crippen LogP) is 4.35. The van der Waals surface area contributed by atoms with E-state index in [1.54, 1.807) is 6.08 Å². The summed E-state index contributed by atoms with van der Waals surface area (Å²) in [4.78, 5) is 11.2. The van der Waals surface area contributed by atoms with Gasteiger partial charge in [0.1, 0.15) is 0 Å². The molecule has 0 radical (unpaired) electrons. The number of hydrogen-bond acceptors (Lipinski definition) is 1. The van der Waals surface area contributed by atoms with Gasteiger partial charge in [-0.25, -0.2) is 4.39 Å². The fourth-order valence-corrected chi connectivity index (χ4v) is 1.13. The maximum Gasteiger partial charge on any atom is 0.213 e. The molecule has 0 spiro atoms. The summed E-state index contributed by atoms with van der Waals surface area (Å²) in [5.41, 5.74) is 0. The number of carbonyl (C=O) groups is 1. The van der Waals surface area contributed by atoms with E-state index in [0.29, 0.717) is 6.42 Å². The summed E-state index contributed by atoms with van der Waals surface area (Å²) in [5.74, 6) is -1.11. The second-order valence-electron chi connectivity index (χ2n) is 3.60. The van der Waals surface area contributed by atoms with Crippen molar-refractivity contribution in [1.82, 2.24) is 0 Å². The van der Waals surface area contributed by atoms with Crippen LogP contribution >= 0.6 is 0 Å². The number of carbonyl (C=O) groups excluding carboxylic acids is 1. The summed E-state index contributed by atoms with van der Waals surface area (Å²) in [6, 6.07) is 0. The minimum absolute atomic E-state index is 0.498. The average molecular weight is 212 g/mol. The molecule has 0 rings (SSSR count). The molecule has 0 aromatic heterocycles. The molecule has 0 aliphatic carbocycles. The fourth-order valence-electron chi connectivity index (χ4n) is 1.13. The van der Waals surface area contributed by atoms with Crippen molar-refractivity contribution in [2.45, 2.75) is 52.4 Å². The zero-order valence-electron chi connectivity index (χ0n) is 9.76. The number of allylic oxidation sites excluding steroid dienone is 4. The van der Waals surface area contributed by atoms with E-state index >= 15 is 0 Å². The zero-order chi connectivity index (χ0) is 11.5. The van der Waals surface area contributed by atoms with Crippen LogP contribution in [0.25, 0.3) is 0 Å². The molecule has 0 heterocycles. The topological polar surface area (TPSA) is 17.1 Å². The maximum atomic E-state index is 13.1. The minimum Gasteiger partial charge on any atom is -0.287 e. The highest BCUT2D eigenvalue weighted by Crippen LogP contribution is 2.05. The third kappa shape index (κ3) is 8.10. The van der Waals surface area contributed by atoms with Gasteiger partial charge >= 0.3 is 0 Å². The van der Waals surface area contributed by atoms with Gasteiger partial charge in [-0.2, -0.15) is 0 Å². The Hall–Kier alpha value is -0.920. The van der Waals surface area contributed by atoms with Crippen molar-refractivity contribution in [1.29, 1.82) is 0 Å². The number of halogens is 1. The highest BCUT2D eigenvalue weighted by Gasteiger charge is 2.02. The van der Waals surface area contributed by atoms with Crippen LogP contribution in [0.1, 0.15) is 52.4 Å². The lowest BCUT2D eigenvalue weighted by molar-refractivity contribution is -0.112. The highest BCUT2D eigenvalue weighted by molar-refractivity contribution is 6.02. The van der Waals surface area contributed by atoms with Gasteiger partial charge in [-0.15, -0.1) is 0 Å². The standard InChI is InChI=1S/C13H21FO/c1-3-5-7-9-11-13(15)12(14)10-8-6-4-2/h9-11H,3-8H2,1-2H3/b11-9+,12-10-. The number of rotatable bonds is 8. The van der Waals surface area contributed by atoms with E-state index in [2.05, 4.69) is 6.92 Å². The number of hydrogen-bond donors (Lipinski definition) is 0. The first-order valence-corrected chi connectivity index (χ1v) is 5.78. The smallest absolute Gasteiger partial charge is 0.213 e. The summed E-state index contributed by atoms with van der Waals surface area (Å²) in [6.45, 7) is 4.12. The molecule has 0 amide bonds. The van der Waals surface area contributed by atoms with Crippen molar-refractivity contribution in [2.75, 3.05) is 0 Å². The van der Waals surface area contributed by atoms with Gasteiger partial charge in [0.15, 0.2) is 5.83 Å². The van der Waals surface area contributed by atoms with Crippen LogP contribution < -0.4 is 0 Å². The first kappa shape index (κ1) is 14.1. The average Bonchev–Trinajstić information content (AvgIpc) is 2.24. The van der Waals surface area contributed by atoms with Gasteiger partial charge in [-0.05, 0) is 31.4 Å². The molecule has 0 aliphatic rings. The molecule has 1 nitrogen and oxygen atoms in total. The van der Waals surface area contributed by atoms with Crippen LogP contribution in [0.3, 0.4) is 0 Å². The van der Waals surface area contributed by atoms with Crippen molar-refractivity contribution in [3.63, 3.8) is 0 Å². The van der Waals surface area contributed by atoms with Crippen LogP contribution in [0.15, 0.2) is 24.1 Å². The Kier molecular flexibility index (Phi) is 9.04. The molecule has 0 saturated carbocycles. The Morgan fingerprint density at radius 3 is 2.33 bits per heavy atom. The third-order valence-corrected chi connectivity index (χ3v) is 2.11. The lowest BCUT2D eigenvalue weighted by atomic mass is 10.2. The quantitative estimate of drug-likeness (QED) is 0.432. The molecule has 0 aromatic rings. The van der Waals surface area contributed by atoms with Crippen LogP contribution in [0.5, 0.6) is 0 Å². The second kappa shape index (κ2) is 9.63. The van der Waals surface area contributed by atoms with E-state index in [1.165, 1.54) is 12.2 Å². The summed E-state index contributed by atoms with van der Waals surface area (Å²) >= 11 is 0. The first-order chi connectivity index (χ1) is 7.22. The van der Waals surface area contributed by atoms with Gasteiger partial charge in [0.05, 0.1) is 0 Å². The van der Waals surface area contributed by atoms with Gasteiger partial charge in [0.2, 0.25) is 5.78 Å². The number of ketones is 1. The van der Waals surface area contributed by atoms with Gasteiger partial charge in [0, 0.05) is 0 Å². The predicted molar refractivity (Wildman–Crippen MR) is 62.4 cm³/mol. The molecule has 0 N–H and O–H groups in total. The van der Waals surface area contributed by atoms with Gasteiger partial charge in [-0.3, -0.25) is 4.79 Å². The Balaban J connectivity index is 3.87. The molecule has 0 saturated heterocycles. The highest BCUT2D eigenvalue weighted by atomic mass is 19.1. The summed E-state index contributed by atoms with van der Waals surface area (Å²) in [7, 11) is 0. The minimum atomic E-state index is -0.615. The summed E-state index contributed by atoms with van der Waals surface area (Å²) < 4.78 is 13.1. The van der Waals surface area contributed by atoms with E-state index in [0.717, 1.165) is 32.1 Å². The monoisotopic (exact) mass is 212 g/mol. The van der Waals surface area contributed by atoms with Crippen LogP contribution in [-0.4, -0.2) is 5.78 Å². The Bertz CT molecular complexity index is 229. The normalized spacial score (nSPS) is 12.3. The Morgan fingerprint density at radius 2 is 1.73 bits per heavy atom. The van der Waals surface area contributed by atoms with Gasteiger partial charge < -0.3 is 0 Å². The molecular formula is C13H21FO. The molecule has 2 heteroatoms. The number of unbranched alkanes of at least 4 members (excludes halogenated alkanes) is 4. The third-order valence-electron chi connectivity index (χ3n) is 2.11. The van der Waals surface area contributed by atoms with Crippen LogP contribution in [0.4, 0.5) is 4.39 Å². The molecule has 0 atom stereocenters. The largest absolute Gasteiger partial charge is 0.287 e. The van der Waals surface area contributed by atoms with Crippen molar-refractivity contribution < 1.29 is 9.18 Å². The molecule has 0 bridgehead atoms. The van der Waals surface area contributed by atoms with Gasteiger partial charge in [0.25, 0.3) is 0 Å². The van der Waals surface area contributed by atoms with Crippen molar-refractivity contribution in [3.05, 3.63) is 24.1 Å². The fraction of sp³-hybridized carbons (Fsp3) is 0.615. The molecule has 15 heavy (non-hydrogen) atoms. The van der Waals surface area contributed by atoms with E-state index < -0.39 is 11.6 Å². The SMILES string of the molecule is CCCC/C=C(\F)C(=O)/C=C/CCCC. The van der Waals surface area contributed by atoms with E-state index in [4.69, 9.17) is 0 Å². The van der Waals surface area contributed by atoms with Crippen molar-refractivity contribution in [2.24, 2.45) is 0 Å². The van der Waals surface area contributed by atoms with E-state index in [-0.39, 0.29) is 0 Å². The van der Waals surface area contributed by atoms with E-state index in [1.807, 2.05) is 6.92 Å². The van der Waals surface area contributed by atoms with Gasteiger partial charge in [-0.1, -0.05) is 39.2 Å². The molecule has 86 valence electrons.